The van der Waals surface area contributed by atoms with Gasteiger partial charge in [-0.15, -0.1) is 0 Å². The Morgan fingerprint density at radius 1 is 0.917 bits per heavy atom. The van der Waals surface area contributed by atoms with Gasteiger partial charge in [0.2, 0.25) is 0 Å². The molecule has 0 spiro atoms. The molecule has 0 heterocycles. The molecule has 0 aliphatic carbocycles. The highest BCUT2D eigenvalue weighted by Gasteiger charge is 2.38. The lowest BCUT2D eigenvalue weighted by molar-refractivity contribution is -0.167. The number of alkyl halides is 3. The summed E-state index contributed by atoms with van der Waals surface area (Å²) in [5, 5.41) is 1.64. The minimum Gasteiger partial charge on any atom is -0.318 e. The van der Waals surface area contributed by atoms with Crippen molar-refractivity contribution in [2.75, 3.05) is 10.0 Å². The Morgan fingerprint density at radius 2 is 1.42 bits per heavy atom. The summed E-state index contributed by atoms with van der Waals surface area (Å²) in [4.78, 5) is 10.7. The van der Waals surface area contributed by atoms with E-state index in [1.54, 1.807) is 29.6 Å². The van der Waals surface area contributed by atoms with Gasteiger partial charge in [-0.3, -0.25) is 9.52 Å². The zero-order valence-electron chi connectivity index (χ0n) is 11.8. The Labute approximate surface area is 149 Å². The third kappa shape index (κ3) is 4.84. The Balaban J connectivity index is 2.14. The van der Waals surface area contributed by atoms with Crippen molar-refractivity contribution < 1.29 is 26.4 Å². The lowest BCUT2D eigenvalue weighted by Gasteiger charge is -2.10. The topological polar surface area (TPSA) is 75.3 Å². The number of carbonyl (C=O) groups is 1. The minimum absolute atomic E-state index is 0.147. The van der Waals surface area contributed by atoms with Gasteiger partial charge in [-0.1, -0.05) is 0 Å². The first kappa shape index (κ1) is 18.5. The Morgan fingerprint density at radius 3 is 1.92 bits per heavy atom. The maximum absolute atomic E-state index is 12.2. The van der Waals surface area contributed by atoms with Crippen LogP contribution in [0.2, 0.25) is 0 Å². The number of nitrogens with one attached hydrogen (secondary N) is 2. The Hall–Kier alpha value is -1.82. The SMILES string of the molecule is O=C(Nc1ccc(S(=O)(=O)Nc2ccc(I)cc2)cc1)C(F)(F)F. The number of rotatable bonds is 4. The first-order valence-electron chi connectivity index (χ1n) is 6.34. The van der Waals surface area contributed by atoms with Crippen LogP contribution in [0.15, 0.2) is 53.4 Å². The van der Waals surface area contributed by atoms with Crippen molar-refractivity contribution in [3.05, 3.63) is 52.1 Å². The number of amides is 1. The van der Waals surface area contributed by atoms with E-state index in [0.717, 1.165) is 27.8 Å². The molecule has 0 bridgehead atoms. The van der Waals surface area contributed by atoms with E-state index in [-0.39, 0.29) is 10.6 Å². The van der Waals surface area contributed by atoms with Crippen molar-refractivity contribution in [2.45, 2.75) is 11.1 Å². The van der Waals surface area contributed by atoms with Crippen molar-refractivity contribution in [3.63, 3.8) is 0 Å². The number of carbonyl (C=O) groups excluding carboxylic acids is 1. The summed E-state index contributed by atoms with van der Waals surface area (Å²) in [5.41, 5.74) is 0.190. The van der Waals surface area contributed by atoms with Gasteiger partial charge in [-0.2, -0.15) is 13.2 Å². The number of halogens is 4. The van der Waals surface area contributed by atoms with Crippen LogP contribution in [0.3, 0.4) is 0 Å². The van der Waals surface area contributed by atoms with E-state index in [0.29, 0.717) is 5.69 Å². The van der Waals surface area contributed by atoms with Crippen LogP contribution in [-0.4, -0.2) is 20.5 Å². The molecule has 0 unspecified atom stereocenters. The van der Waals surface area contributed by atoms with Gasteiger partial charge in [0.1, 0.15) is 0 Å². The van der Waals surface area contributed by atoms with E-state index in [9.17, 15) is 26.4 Å². The zero-order valence-corrected chi connectivity index (χ0v) is 14.7. The van der Waals surface area contributed by atoms with E-state index < -0.39 is 22.1 Å². The monoisotopic (exact) mass is 470 g/mol. The normalized spacial score (nSPS) is 11.8. The number of benzene rings is 2. The van der Waals surface area contributed by atoms with Crippen LogP contribution >= 0.6 is 22.6 Å². The summed E-state index contributed by atoms with van der Waals surface area (Å²) in [6.45, 7) is 0. The summed E-state index contributed by atoms with van der Waals surface area (Å²) in [5.74, 6) is -2.13. The third-order valence-electron chi connectivity index (χ3n) is 2.78. The molecule has 2 N–H and O–H groups in total. The number of sulfonamides is 1. The van der Waals surface area contributed by atoms with Gasteiger partial charge in [-0.05, 0) is 71.1 Å². The van der Waals surface area contributed by atoms with Crippen LogP contribution in [0.4, 0.5) is 24.5 Å². The van der Waals surface area contributed by atoms with Gasteiger partial charge in [-0.25, -0.2) is 8.42 Å². The Bertz CT molecular complexity index is 835. The third-order valence-corrected chi connectivity index (χ3v) is 4.89. The zero-order chi connectivity index (χ0) is 18.0. The first-order chi connectivity index (χ1) is 11.1. The molecule has 0 saturated heterocycles. The van der Waals surface area contributed by atoms with Gasteiger partial charge in [0.25, 0.3) is 10.0 Å². The maximum atomic E-state index is 12.2. The summed E-state index contributed by atoms with van der Waals surface area (Å²) in [7, 11) is -3.89. The van der Waals surface area contributed by atoms with Crippen LogP contribution in [0.25, 0.3) is 0 Å². The van der Waals surface area contributed by atoms with Crippen LogP contribution in [0, 0.1) is 3.57 Å². The van der Waals surface area contributed by atoms with Gasteiger partial charge in [0, 0.05) is 14.9 Å². The number of anilines is 2. The molecule has 10 heteroatoms. The summed E-state index contributed by atoms with van der Waals surface area (Å²) in [6, 6.07) is 10.9. The second kappa shape index (κ2) is 6.97. The summed E-state index contributed by atoms with van der Waals surface area (Å²) < 4.78 is 64.1. The lowest BCUT2D eigenvalue weighted by atomic mass is 10.3. The number of hydrogen-bond acceptors (Lipinski definition) is 3. The van der Waals surface area contributed by atoms with Crippen molar-refractivity contribution in [1.82, 2.24) is 0 Å². The molecule has 0 radical (unpaired) electrons. The molecule has 2 aromatic carbocycles. The average Bonchev–Trinajstić information content (AvgIpc) is 2.49. The molecular formula is C14H10F3IN2O3S. The molecule has 0 atom stereocenters. The molecule has 0 aliphatic rings. The molecule has 2 rings (SSSR count). The van der Waals surface area contributed by atoms with E-state index >= 15 is 0 Å². The highest BCUT2D eigenvalue weighted by Crippen LogP contribution is 2.21. The van der Waals surface area contributed by atoms with Crippen molar-refractivity contribution in [3.8, 4) is 0 Å². The molecule has 2 aromatic rings. The lowest BCUT2D eigenvalue weighted by Crippen LogP contribution is -2.29. The summed E-state index contributed by atoms with van der Waals surface area (Å²) >= 11 is 2.07. The maximum Gasteiger partial charge on any atom is 0.471 e. The fraction of sp³-hybridized carbons (Fsp3) is 0.0714. The fourth-order valence-corrected chi connectivity index (χ4v) is 3.07. The van der Waals surface area contributed by atoms with Gasteiger partial charge in [0.05, 0.1) is 4.90 Å². The largest absolute Gasteiger partial charge is 0.471 e. The molecule has 1 amide bonds. The second-order valence-electron chi connectivity index (χ2n) is 4.59. The van der Waals surface area contributed by atoms with Crippen LogP contribution in [0.1, 0.15) is 0 Å². The molecule has 5 nitrogen and oxygen atoms in total. The molecule has 24 heavy (non-hydrogen) atoms. The highest BCUT2D eigenvalue weighted by atomic mass is 127. The predicted octanol–water partition coefficient (Wildman–Crippen LogP) is 3.59. The first-order valence-corrected chi connectivity index (χ1v) is 8.91. The van der Waals surface area contributed by atoms with E-state index in [2.05, 4.69) is 27.3 Å². The molecule has 0 aromatic heterocycles. The number of hydrogen-bond donors (Lipinski definition) is 2. The van der Waals surface area contributed by atoms with Crippen LogP contribution in [-0.2, 0) is 14.8 Å². The molecule has 0 fully saturated rings. The molecule has 128 valence electrons. The smallest absolute Gasteiger partial charge is 0.318 e. The molecule has 0 aliphatic heterocycles. The highest BCUT2D eigenvalue weighted by molar-refractivity contribution is 14.1. The van der Waals surface area contributed by atoms with Crippen molar-refractivity contribution in [2.24, 2.45) is 0 Å². The van der Waals surface area contributed by atoms with Gasteiger partial charge >= 0.3 is 12.1 Å². The van der Waals surface area contributed by atoms with Crippen molar-refractivity contribution >= 4 is 49.9 Å². The van der Waals surface area contributed by atoms with E-state index in [1.807, 2.05) is 0 Å². The predicted molar refractivity (Wildman–Crippen MR) is 91.1 cm³/mol. The van der Waals surface area contributed by atoms with E-state index in [1.165, 1.54) is 0 Å². The minimum atomic E-state index is -5.02. The van der Waals surface area contributed by atoms with Crippen LogP contribution < -0.4 is 10.0 Å². The van der Waals surface area contributed by atoms with Gasteiger partial charge in [0.15, 0.2) is 0 Å². The second-order valence-corrected chi connectivity index (χ2v) is 7.52. The summed E-state index contributed by atoms with van der Waals surface area (Å²) in [6.07, 6.45) is -5.02. The van der Waals surface area contributed by atoms with Crippen molar-refractivity contribution in [1.29, 1.82) is 0 Å². The Kier molecular flexibility index (Phi) is 5.38. The van der Waals surface area contributed by atoms with E-state index in [4.69, 9.17) is 0 Å². The standard InChI is InChI=1S/C14H10F3IN2O3S/c15-14(16,17)13(21)19-10-5-7-12(8-6-10)24(22,23)20-11-3-1-9(18)2-4-11/h1-8,20H,(H,19,21). The average molecular weight is 470 g/mol. The quantitative estimate of drug-likeness (QED) is 0.671. The molecular weight excluding hydrogens is 460 g/mol. The van der Waals surface area contributed by atoms with Crippen LogP contribution in [0.5, 0.6) is 0 Å². The molecule has 0 saturated carbocycles. The fourth-order valence-electron chi connectivity index (χ4n) is 1.65. The van der Waals surface area contributed by atoms with Gasteiger partial charge < -0.3 is 5.32 Å².